The number of piperidine rings is 1. The fourth-order valence-corrected chi connectivity index (χ4v) is 5.19. The minimum atomic E-state index is -3.46. The predicted molar refractivity (Wildman–Crippen MR) is 83.4 cm³/mol. The van der Waals surface area contributed by atoms with Gasteiger partial charge in [0.1, 0.15) is 0 Å². The lowest BCUT2D eigenvalue weighted by Crippen LogP contribution is -2.59. The number of piperazine rings is 1. The Morgan fingerprint density at radius 1 is 1.24 bits per heavy atom. The molecule has 0 spiro atoms. The highest BCUT2D eigenvalue weighted by Crippen LogP contribution is 2.28. The van der Waals surface area contributed by atoms with Gasteiger partial charge in [0.25, 0.3) is 0 Å². The first-order valence-corrected chi connectivity index (χ1v) is 9.04. The van der Waals surface area contributed by atoms with Crippen LogP contribution in [0.2, 0.25) is 0 Å². The Kier molecular flexibility index (Phi) is 3.94. The van der Waals surface area contributed by atoms with Crippen LogP contribution in [0, 0.1) is 0 Å². The molecule has 0 amide bonds. The molecule has 2 fully saturated rings. The number of hydrogen-bond donors (Lipinski definition) is 1. The molecule has 21 heavy (non-hydrogen) atoms. The largest absolute Gasteiger partial charge is 0.399 e. The third-order valence-corrected chi connectivity index (χ3v) is 6.57. The zero-order valence-corrected chi connectivity index (χ0v) is 13.2. The Labute approximate surface area is 126 Å². The molecule has 6 heteroatoms. The van der Waals surface area contributed by atoms with E-state index in [1.807, 2.05) is 6.92 Å². The van der Waals surface area contributed by atoms with Gasteiger partial charge in [0, 0.05) is 30.9 Å². The van der Waals surface area contributed by atoms with Crippen molar-refractivity contribution >= 4 is 15.7 Å². The molecule has 0 aromatic heterocycles. The maximum Gasteiger partial charge on any atom is 0.243 e. The SMILES string of the molecule is CC1CN2CCCCC2CN1S(=O)(=O)c1cccc(N)c1. The first kappa shape index (κ1) is 14.8. The molecule has 0 saturated carbocycles. The van der Waals surface area contributed by atoms with Crippen molar-refractivity contribution in [2.24, 2.45) is 0 Å². The smallest absolute Gasteiger partial charge is 0.243 e. The summed E-state index contributed by atoms with van der Waals surface area (Å²) >= 11 is 0. The van der Waals surface area contributed by atoms with E-state index in [1.165, 1.54) is 12.8 Å². The molecule has 2 saturated heterocycles. The van der Waals surface area contributed by atoms with Gasteiger partial charge in [-0.25, -0.2) is 8.42 Å². The molecular formula is C15H23N3O2S. The highest BCUT2D eigenvalue weighted by Gasteiger charge is 2.39. The highest BCUT2D eigenvalue weighted by atomic mass is 32.2. The van der Waals surface area contributed by atoms with Crippen LogP contribution in [0.5, 0.6) is 0 Å². The van der Waals surface area contributed by atoms with Crippen LogP contribution in [-0.2, 0) is 10.0 Å². The summed E-state index contributed by atoms with van der Waals surface area (Å²) in [6.07, 6.45) is 3.52. The lowest BCUT2D eigenvalue weighted by atomic mass is 9.99. The number of fused-ring (bicyclic) bond motifs is 1. The zero-order chi connectivity index (χ0) is 15.0. The van der Waals surface area contributed by atoms with Gasteiger partial charge in [0.15, 0.2) is 0 Å². The minimum absolute atomic E-state index is 0.00535. The van der Waals surface area contributed by atoms with E-state index in [4.69, 9.17) is 5.73 Å². The zero-order valence-electron chi connectivity index (χ0n) is 12.4. The number of nitrogens with zero attached hydrogens (tertiary/aromatic N) is 2. The Bertz CT molecular complexity index is 617. The van der Waals surface area contributed by atoms with Crippen molar-refractivity contribution in [2.45, 2.75) is 43.2 Å². The Morgan fingerprint density at radius 2 is 2.05 bits per heavy atom. The Balaban J connectivity index is 1.88. The third-order valence-electron chi connectivity index (χ3n) is 4.59. The molecule has 0 radical (unpaired) electrons. The summed E-state index contributed by atoms with van der Waals surface area (Å²) in [5.41, 5.74) is 6.22. The molecule has 1 aromatic carbocycles. The Morgan fingerprint density at radius 3 is 2.81 bits per heavy atom. The van der Waals surface area contributed by atoms with Crippen LogP contribution in [0.15, 0.2) is 29.2 Å². The Hall–Kier alpha value is -1.11. The molecular weight excluding hydrogens is 286 g/mol. The fraction of sp³-hybridized carbons (Fsp3) is 0.600. The lowest BCUT2D eigenvalue weighted by Gasteiger charge is -2.46. The first-order valence-electron chi connectivity index (χ1n) is 7.60. The van der Waals surface area contributed by atoms with Gasteiger partial charge >= 0.3 is 0 Å². The second-order valence-corrected chi connectivity index (χ2v) is 8.03. The summed E-state index contributed by atoms with van der Waals surface area (Å²) in [6.45, 7) is 4.51. The van der Waals surface area contributed by atoms with E-state index in [2.05, 4.69) is 4.90 Å². The number of sulfonamides is 1. The second-order valence-electron chi connectivity index (χ2n) is 6.14. The second kappa shape index (κ2) is 5.59. The number of anilines is 1. The number of hydrogen-bond acceptors (Lipinski definition) is 4. The maximum absolute atomic E-state index is 12.9. The number of nitrogen functional groups attached to an aromatic ring is 1. The van der Waals surface area contributed by atoms with E-state index >= 15 is 0 Å². The van der Waals surface area contributed by atoms with Gasteiger partial charge < -0.3 is 5.73 Å². The molecule has 3 rings (SSSR count). The van der Waals surface area contributed by atoms with Crippen molar-refractivity contribution < 1.29 is 8.42 Å². The molecule has 2 aliphatic rings. The molecule has 2 atom stereocenters. The summed E-state index contributed by atoms with van der Waals surface area (Å²) in [5.74, 6) is 0. The van der Waals surface area contributed by atoms with Gasteiger partial charge in [-0.05, 0) is 44.5 Å². The van der Waals surface area contributed by atoms with Gasteiger partial charge in [-0.2, -0.15) is 4.31 Å². The van der Waals surface area contributed by atoms with Crippen molar-refractivity contribution in [3.8, 4) is 0 Å². The summed E-state index contributed by atoms with van der Waals surface area (Å²) in [4.78, 5) is 2.75. The first-order chi connectivity index (χ1) is 9.98. The molecule has 116 valence electrons. The van der Waals surface area contributed by atoms with Crippen LogP contribution in [0.3, 0.4) is 0 Å². The molecule has 2 heterocycles. The van der Waals surface area contributed by atoms with E-state index in [-0.39, 0.29) is 6.04 Å². The number of benzene rings is 1. The van der Waals surface area contributed by atoms with Crippen LogP contribution in [0.25, 0.3) is 0 Å². The van der Waals surface area contributed by atoms with Crippen molar-refractivity contribution in [2.75, 3.05) is 25.4 Å². The lowest BCUT2D eigenvalue weighted by molar-refractivity contribution is 0.0564. The molecule has 0 aliphatic carbocycles. The predicted octanol–water partition coefficient (Wildman–Crippen LogP) is 1.52. The monoisotopic (exact) mass is 309 g/mol. The average Bonchev–Trinajstić information content (AvgIpc) is 2.46. The number of nitrogens with two attached hydrogens (primary N) is 1. The van der Waals surface area contributed by atoms with Gasteiger partial charge in [0.05, 0.1) is 4.90 Å². The van der Waals surface area contributed by atoms with E-state index < -0.39 is 10.0 Å². The van der Waals surface area contributed by atoms with Crippen LogP contribution < -0.4 is 5.73 Å². The molecule has 2 N–H and O–H groups in total. The molecule has 2 unspecified atom stereocenters. The normalized spacial score (nSPS) is 28.2. The van der Waals surface area contributed by atoms with Crippen LogP contribution >= 0.6 is 0 Å². The van der Waals surface area contributed by atoms with E-state index in [0.29, 0.717) is 23.2 Å². The average molecular weight is 309 g/mol. The minimum Gasteiger partial charge on any atom is -0.399 e. The fourth-order valence-electron chi connectivity index (χ4n) is 3.47. The van der Waals surface area contributed by atoms with E-state index in [9.17, 15) is 8.42 Å². The topological polar surface area (TPSA) is 66.6 Å². The molecule has 0 bridgehead atoms. The van der Waals surface area contributed by atoms with E-state index in [0.717, 1.165) is 19.5 Å². The maximum atomic E-state index is 12.9. The summed E-state index contributed by atoms with van der Waals surface area (Å²) in [6, 6.07) is 6.96. The molecule has 2 aliphatic heterocycles. The van der Waals surface area contributed by atoms with Crippen LogP contribution in [0.1, 0.15) is 26.2 Å². The summed E-state index contributed by atoms with van der Waals surface area (Å²) in [7, 11) is -3.46. The van der Waals surface area contributed by atoms with Crippen molar-refractivity contribution in [1.29, 1.82) is 0 Å². The molecule has 1 aromatic rings. The summed E-state index contributed by atoms with van der Waals surface area (Å²) < 4.78 is 27.4. The van der Waals surface area contributed by atoms with Gasteiger partial charge in [-0.15, -0.1) is 0 Å². The number of rotatable bonds is 2. The highest BCUT2D eigenvalue weighted by molar-refractivity contribution is 7.89. The van der Waals surface area contributed by atoms with Gasteiger partial charge in [0.2, 0.25) is 10.0 Å². The molecule has 5 nitrogen and oxygen atoms in total. The third kappa shape index (κ3) is 2.80. The quantitative estimate of drug-likeness (QED) is 0.841. The van der Waals surface area contributed by atoms with Crippen molar-refractivity contribution in [3.05, 3.63) is 24.3 Å². The van der Waals surface area contributed by atoms with Gasteiger partial charge in [-0.1, -0.05) is 12.5 Å². The van der Waals surface area contributed by atoms with E-state index in [1.54, 1.807) is 28.6 Å². The van der Waals surface area contributed by atoms with Crippen LogP contribution in [-0.4, -0.2) is 49.3 Å². The van der Waals surface area contributed by atoms with Gasteiger partial charge in [-0.3, -0.25) is 4.90 Å². The van der Waals surface area contributed by atoms with Crippen molar-refractivity contribution in [3.63, 3.8) is 0 Å². The standard InChI is InChI=1S/C15H23N3O2S/c1-12-10-17-8-3-2-6-14(17)11-18(12)21(19,20)15-7-4-5-13(16)9-15/h4-5,7,9,12,14H,2-3,6,8,10-11,16H2,1H3. The van der Waals surface area contributed by atoms with Crippen LogP contribution in [0.4, 0.5) is 5.69 Å². The van der Waals surface area contributed by atoms with Crippen molar-refractivity contribution in [1.82, 2.24) is 9.21 Å². The summed E-state index contributed by atoms with van der Waals surface area (Å²) in [5, 5.41) is 0.